The Morgan fingerprint density at radius 1 is 1.17 bits per heavy atom. The Labute approximate surface area is 210 Å². The fourth-order valence-corrected chi connectivity index (χ4v) is 4.38. The molecule has 2 aromatic carbocycles. The first kappa shape index (κ1) is 28.7. The maximum absolute atomic E-state index is 13.5. The van der Waals surface area contributed by atoms with E-state index < -0.39 is 45.2 Å². The smallest absolute Gasteiger partial charge is 0.271 e. The number of hydrogen-bond donors (Lipinski definition) is 1. The lowest BCUT2D eigenvalue weighted by Crippen LogP contribution is -2.51. The number of aryl methyl sites for hydroxylation is 1. The number of non-ortho nitro benzene ring substituents is 1. The number of halogens is 1. The third-order valence-corrected chi connectivity index (χ3v) is 6.74. The summed E-state index contributed by atoms with van der Waals surface area (Å²) in [5.41, 5.74) is 0.607. The van der Waals surface area contributed by atoms with Crippen molar-refractivity contribution in [3.05, 3.63) is 69.5 Å². The summed E-state index contributed by atoms with van der Waals surface area (Å²) >= 11 is 0. The van der Waals surface area contributed by atoms with Crippen molar-refractivity contribution in [2.45, 2.75) is 46.2 Å². The van der Waals surface area contributed by atoms with Gasteiger partial charge in [-0.3, -0.25) is 24.0 Å². The zero-order chi connectivity index (χ0) is 27.0. The van der Waals surface area contributed by atoms with Crippen LogP contribution in [0.3, 0.4) is 0 Å². The number of rotatable bonds is 12. The summed E-state index contributed by atoms with van der Waals surface area (Å²) < 4.78 is 39.5. The SMILES string of the molecule is CCCCNC(=O)[C@@H](C)N(Cc1ccc(F)cc1)C(=O)CN(c1cc([N+](=O)[O-])ccc1C)S(C)(=O)=O. The van der Waals surface area contributed by atoms with E-state index >= 15 is 0 Å². The second-order valence-electron chi connectivity index (χ2n) is 8.47. The lowest BCUT2D eigenvalue weighted by Gasteiger charge is -2.31. The van der Waals surface area contributed by atoms with Gasteiger partial charge in [-0.05, 0) is 43.5 Å². The van der Waals surface area contributed by atoms with Gasteiger partial charge >= 0.3 is 0 Å². The highest BCUT2D eigenvalue weighted by Gasteiger charge is 2.31. The molecular formula is C24H31FN4O6S. The van der Waals surface area contributed by atoms with Crippen molar-refractivity contribution < 1.29 is 27.3 Å². The van der Waals surface area contributed by atoms with E-state index in [9.17, 15) is 32.5 Å². The zero-order valence-electron chi connectivity index (χ0n) is 20.7. The van der Waals surface area contributed by atoms with Crippen LogP contribution in [0.1, 0.15) is 37.8 Å². The summed E-state index contributed by atoms with van der Waals surface area (Å²) in [4.78, 5) is 38.1. The van der Waals surface area contributed by atoms with Crippen LogP contribution in [0.5, 0.6) is 0 Å². The first-order valence-corrected chi connectivity index (χ1v) is 13.2. The van der Waals surface area contributed by atoms with Gasteiger partial charge in [0.1, 0.15) is 18.4 Å². The van der Waals surface area contributed by atoms with Crippen LogP contribution in [0.4, 0.5) is 15.8 Å². The Kier molecular flexibility index (Phi) is 9.91. The molecule has 12 heteroatoms. The van der Waals surface area contributed by atoms with Crippen molar-refractivity contribution >= 4 is 33.2 Å². The Bertz CT molecular complexity index is 1200. The fourth-order valence-electron chi connectivity index (χ4n) is 3.48. The van der Waals surface area contributed by atoms with Gasteiger partial charge in [0, 0.05) is 25.2 Å². The lowest BCUT2D eigenvalue weighted by atomic mass is 10.1. The van der Waals surface area contributed by atoms with Gasteiger partial charge in [-0.2, -0.15) is 0 Å². The normalized spacial score (nSPS) is 12.0. The molecule has 2 aromatic rings. The van der Waals surface area contributed by atoms with Crippen LogP contribution in [0.25, 0.3) is 0 Å². The molecule has 36 heavy (non-hydrogen) atoms. The van der Waals surface area contributed by atoms with E-state index in [1.165, 1.54) is 48.2 Å². The fraction of sp³-hybridized carbons (Fsp3) is 0.417. The molecule has 0 aliphatic heterocycles. The average Bonchev–Trinajstić information content (AvgIpc) is 2.81. The van der Waals surface area contributed by atoms with Gasteiger partial charge in [0.05, 0.1) is 16.9 Å². The molecule has 0 heterocycles. The molecule has 2 amide bonds. The predicted molar refractivity (Wildman–Crippen MR) is 134 cm³/mol. The van der Waals surface area contributed by atoms with E-state index in [-0.39, 0.29) is 17.9 Å². The van der Waals surface area contributed by atoms with E-state index in [1.54, 1.807) is 6.92 Å². The minimum Gasteiger partial charge on any atom is -0.354 e. The maximum Gasteiger partial charge on any atom is 0.271 e. The monoisotopic (exact) mass is 522 g/mol. The molecule has 0 unspecified atom stereocenters. The molecule has 196 valence electrons. The van der Waals surface area contributed by atoms with Crippen LogP contribution >= 0.6 is 0 Å². The summed E-state index contributed by atoms with van der Waals surface area (Å²) in [6, 6.07) is 8.15. The summed E-state index contributed by atoms with van der Waals surface area (Å²) in [6.45, 7) is 4.71. The Morgan fingerprint density at radius 3 is 2.36 bits per heavy atom. The van der Waals surface area contributed by atoms with Crippen LogP contribution in [0.2, 0.25) is 0 Å². The quantitative estimate of drug-likeness (QED) is 0.259. The van der Waals surface area contributed by atoms with Gasteiger partial charge < -0.3 is 10.2 Å². The number of nitro groups is 1. The van der Waals surface area contributed by atoms with Gasteiger partial charge in [0.15, 0.2) is 0 Å². The number of carbonyl (C=O) groups excluding carboxylic acids is 2. The van der Waals surface area contributed by atoms with Crippen molar-refractivity contribution in [1.82, 2.24) is 10.2 Å². The minimum absolute atomic E-state index is 0.0122. The van der Waals surface area contributed by atoms with E-state index in [1.807, 2.05) is 6.92 Å². The van der Waals surface area contributed by atoms with Crippen molar-refractivity contribution in [3.8, 4) is 0 Å². The molecule has 0 aliphatic rings. The van der Waals surface area contributed by atoms with Crippen molar-refractivity contribution in [2.24, 2.45) is 0 Å². The van der Waals surface area contributed by atoms with Crippen LogP contribution in [0, 0.1) is 22.9 Å². The summed E-state index contributed by atoms with van der Waals surface area (Å²) in [5, 5.41) is 14.0. The van der Waals surface area contributed by atoms with Gasteiger partial charge in [0.25, 0.3) is 5.69 Å². The number of unbranched alkanes of at least 4 members (excludes halogenated alkanes) is 1. The van der Waals surface area contributed by atoms with Crippen molar-refractivity contribution in [1.29, 1.82) is 0 Å². The first-order valence-electron chi connectivity index (χ1n) is 11.4. The molecule has 1 N–H and O–H groups in total. The van der Waals surface area contributed by atoms with Crippen LogP contribution in [-0.2, 0) is 26.2 Å². The van der Waals surface area contributed by atoms with Crippen LogP contribution in [0.15, 0.2) is 42.5 Å². The molecule has 0 aromatic heterocycles. The second kappa shape index (κ2) is 12.4. The first-order chi connectivity index (χ1) is 16.8. The number of nitro benzene ring substituents is 1. The molecule has 0 aliphatic carbocycles. The second-order valence-corrected chi connectivity index (χ2v) is 10.4. The standard InChI is InChI=1S/C24H31FN4O6S/c1-5-6-13-26-24(31)18(3)27(15-19-8-10-20(25)11-9-19)23(30)16-28(36(4,34)35)22-14-21(29(32)33)12-7-17(22)2/h7-12,14,18H,5-6,13,15-16H2,1-4H3,(H,26,31)/t18-/m1/s1. The lowest BCUT2D eigenvalue weighted by molar-refractivity contribution is -0.384. The van der Waals surface area contributed by atoms with Crippen molar-refractivity contribution in [2.75, 3.05) is 23.7 Å². The van der Waals surface area contributed by atoms with Gasteiger partial charge in [-0.25, -0.2) is 12.8 Å². The zero-order valence-corrected chi connectivity index (χ0v) is 21.5. The van der Waals surface area contributed by atoms with E-state index in [0.29, 0.717) is 17.7 Å². The molecule has 10 nitrogen and oxygen atoms in total. The molecule has 0 radical (unpaired) electrons. The highest BCUT2D eigenvalue weighted by molar-refractivity contribution is 7.92. The largest absolute Gasteiger partial charge is 0.354 e. The molecule has 0 fully saturated rings. The molecular weight excluding hydrogens is 491 g/mol. The molecule has 1 atom stereocenters. The van der Waals surface area contributed by atoms with E-state index in [4.69, 9.17) is 0 Å². The highest BCUT2D eigenvalue weighted by atomic mass is 32.2. The number of nitrogens with zero attached hydrogens (tertiary/aromatic N) is 3. The minimum atomic E-state index is -4.04. The topological polar surface area (TPSA) is 130 Å². The molecule has 0 saturated heterocycles. The Hall–Kier alpha value is -3.54. The molecule has 0 spiro atoms. The van der Waals surface area contributed by atoms with Gasteiger partial charge in [0.2, 0.25) is 21.8 Å². The maximum atomic E-state index is 13.5. The van der Waals surface area contributed by atoms with Crippen molar-refractivity contribution in [3.63, 3.8) is 0 Å². The number of anilines is 1. The number of amides is 2. The number of carbonyl (C=O) groups is 2. The third-order valence-electron chi connectivity index (χ3n) is 5.61. The summed E-state index contributed by atoms with van der Waals surface area (Å²) in [7, 11) is -4.04. The average molecular weight is 523 g/mol. The number of sulfonamides is 1. The number of benzene rings is 2. The van der Waals surface area contributed by atoms with Gasteiger partial charge in [-0.1, -0.05) is 31.5 Å². The predicted octanol–water partition coefficient (Wildman–Crippen LogP) is 3.14. The Balaban J connectivity index is 2.43. The van der Waals surface area contributed by atoms with Gasteiger partial charge in [-0.15, -0.1) is 0 Å². The van der Waals surface area contributed by atoms with Crippen LogP contribution < -0.4 is 9.62 Å². The summed E-state index contributed by atoms with van der Waals surface area (Å²) in [6.07, 6.45) is 2.50. The van der Waals surface area contributed by atoms with E-state index in [0.717, 1.165) is 29.5 Å². The number of hydrogen-bond acceptors (Lipinski definition) is 6. The third kappa shape index (κ3) is 7.74. The molecule has 0 saturated carbocycles. The molecule has 0 bridgehead atoms. The number of nitrogens with one attached hydrogen (secondary N) is 1. The Morgan fingerprint density at radius 2 is 1.81 bits per heavy atom. The molecule has 2 rings (SSSR count). The summed E-state index contributed by atoms with van der Waals surface area (Å²) in [5.74, 6) is -1.59. The highest BCUT2D eigenvalue weighted by Crippen LogP contribution is 2.28. The van der Waals surface area contributed by atoms with E-state index in [2.05, 4.69) is 5.32 Å². The van der Waals surface area contributed by atoms with Crippen LogP contribution in [-0.4, -0.2) is 55.4 Å².